The predicted octanol–water partition coefficient (Wildman–Crippen LogP) is 1.04. The third-order valence-electron chi connectivity index (χ3n) is 4.02. The number of hydrogen-bond acceptors (Lipinski definition) is 4. The highest BCUT2D eigenvalue weighted by Crippen LogP contribution is 2.22. The van der Waals surface area contributed by atoms with Gasteiger partial charge in [-0.2, -0.15) is 5.10 Å². The van der Waals surface area contributed by atoms with Gasteiger partial charge in [0.05, 0.1) is 6.04 Å². The molecule has 7 nitrogen and oxygen atoms in total. The van der Waals surface area contributed by atoms with Crippen LogP contribution in [0.5, 0.6) is 0 Å². The number of carbonyl (C=O) groups excluding carboxylic acids is 2. The lowest BCUT2D eigenvalue weighted by Crippen LogP contribution is -2.33. The van der Waals surface area contributed by atoms with Gasteiger partial charge in [-0.25, -0.2) is 4.98 Å². The fourth-order valence-electron chi connectivity index (χ4n) is 2.81. The quantitative estimate of drug-likeness (QED) is 0.894. The number of rotatable bonds is 5. The van der Waals surface area contributed by atoms with Gasteiger partial charge in [0.15, 0.2) is 0 Å². The number of nitrogens with zero attached hydrogens (tertiary/aromatic N) is 4. The second kappa shape index (κ2) is 6.20. The van der Waals surface area contributed by atoms with Crippen molar-refractivity contribution in [3.8, 4) is 0 Å². The molecule has 2 heterocycles. The first-order valence-corrected chi connectivity index (χ1v) is 7.56. The maximum absolute atomic E-state index is 12.2. The molecule has 2 amide bonds. The van der Waals surface area contributed by atoms with E-state index in [0.717, 1.165) is 11.1 Å². The number of aromatic nitrogens is 3. The van der Waals surface area contributed by atoms with Crippen molar-refractivity contribution in [2.45, 2.75) is 25.9 Å². The molecule has 1 N–H and O–H groups in total. The van der Waals surface area contributed by atoms with Crippen molar-refractivity contribution in [1.29, 1.82) is 0 Å². The fourth-order valence-corrected chi connectivity index (χ4v) is 2.81. The Morgan fingerprint density at radius 1 is 1.39 bits per heavy atom. The monoisotopic (exact) mass is 313 g/mol. The SMILES string of the molecule is C[C@@H](NC(=O)CCN1Cc2ccccc2C1=O)c1ncnn1C. The average Bonchev–Trinajstić information content (AvgIpc) is 3.10. The normalized spacial score (nSPS) is 14.7. The van der Waals surface area contributed by atoms with Crippen LogP contribution < -0.4 is 5.32 Å². The number of fused-ring (bicyclic) bond motifs is 1. The molecule has 0 unspecified atom stereocenters. The summed E-state index contributed by atoms with van der Waals surface area (Å²) in [6, 6.07) is 7.33. The molecule has 0 radical (unpaired) electrons. The van der Waals surface area contributed by atoms with Crippen molar-refractivity contribution >= 4 is 11.8 Å². The Morgan fingerprint density at radius 2 is 2.17 bits per heavy atom. The van der Waals surface area contributed by atoms with Crippen LogP contribution in [0.4, 0.5) is 0 Å². The van der Waals surface area contributed by atoms with Gasteiger partial charge in [-0.15, -0.1) is 0 Å². The highest BCUT2D eigenvalue weighted by molar-refractivity contribution is 5.98. The second-order valence-corrected chi connectivity index (χ2v) is 5.66. The average molecular weight is 313 g/mol. The van der Waals surface area contributed by atoms with Gasteiger partial charge < -0.3 is 10.2 Å². The van der Waals surface area contributed by atoms with E-state index in [1.165, 1.54) is 6.33 Å². The van der Waals surface area contributed by atoms with E-state index in [4.69, 9.17) is 0 Å². The largest absolute Gasteiger partial charge is 0.346 e. The second-order valence-electron chi connectivity index (χ2n) is 5.66. The van der Waals surface area contributed by atoms with Crippen LogP contribution in [-0.4, -0.2) is 38.0 Å². The fraction of sp³-hybridized carbons (Fsp3) is 0.375. The Morgan fingerprint density at radius 3 is 2.87 bits per heavy atom. The van der Waals surface area contributed by atoms with Crippen molar-refractivity contribution in [3.63, 3.8) is 0 Å². The van der Waals surface area contributed by atoms with E-state index < -0.39 is 0 Å². The van der Waals surface area contributed by atoms with E-state index in [-0.39, 0.29) is 24.3 Å². The van der Waals surface area contributed by atoms with Crippen molar-refractivity contribution < 1.29 is 9.59 Å². The summed E-state index contributed by atoms with van der Waals surface area (Å²) < 4.78 is 1.63. The van der Waals surface area contributed by atoms with Gasteiger partial charge in [-0.1, -0.05) is 18.2 Å². The van der Waals surface area contributed by atoms with E-state index in [0.29, 0.717) is 18.9 Å². The molecule has 120 valence electrons. The van der Waals surface area contributed by atoms with Gasteiger partial charge in [-0.3, -0.25) is 14.3 Å². The molecule has 1 atom stereocenters. The summed E-state index contributed by atoms with van der Waals surface area (Å²) >= 11 is 0. The van der Waals surface area contributed by atoms with E-state index in [1.807, 2.05) is 31.2 Å². The molecule has 1 aromatic carbocycles. The minimum atomic E-state index is -0.221. The summed E-state index contributed by atoms with van der Waals surface area (Å²) in [4.78, 5) is 30.1. The lowest BCUT2D eigenvalue weighted by atomic mass is 10.1. The maximum atomic E-state index is 12.2. The molecule has 3 rings (SSSR count). The Labute approximate surface area is 134 Å². The van der Waals surface area contributed by atoms with Gasteiger partial charge in [0.25, 0.3) is 5.91 Å². The Balaban J connectivity index is 1.52. The van der Waals surface area contributed by atoms with Gasteiger partial charge in [0, 0.05) is 32.1 Å². The zero-order valence-electron chi connectivity index (χ0n) is 13.2. The molecule has 7 heteroatoms. The van der Waals surface area contributed by atoms with E-state index in [1.54, 1.807) is 16.6 Å². The van der Waals surface area contributed by atoms with E-state index >= 15 is 0 Å². The van der Waals surface area contributed by atoms with Crippen molar-refractivity contribution in [1.82, 2.24) is 25.0 Å². The number of nitrogens with one attached hydrogen (secondary N) is 1. The van der Waals surface area contributed by atoms with Crippen molar-refractivity contribution in [2.75, 3.05) is 6.54 Å². The number of benzene rings is 1. The summed E-state index contributed by atoms with van der Waals surface area (Å²) in [7, 11) is 1.78. The van der Waals surface area contributed by atoms with Crippen LogP contribution in [0.2, 0.25) is 0 Å². The van der Waals surface area contributed by atoms with Crippen molar-refractivity contribution in [3.05, 3.63) is 47.5 Å². The van der Waals surface area contributed by atoms with Crippen LogP contribution >= 0.6 is 0 Å². The van der Waals surface area contributed by atoms with Gasteiger partial charge in [-0.05, 0) is 18.6 Å². The van der Waals surface area contributed by atoms with E-state index in [2.05, 4.69) is 15.4 Å². The smallest absolute Gasteiger partial charge is 0.254 e. The maximum Gasteiger partial charge on any atom is 0.254 e. The minimum Gasteiger partial charge on any atom is -0.346 e. The number of carbonyl (C=O) groups is 2. The van der Waals surface area contributed by atoms with E-state index in [9.17, 15) is 9.59 Å². The summed E-state index contributed by atoms with van der Waals surface area (Å²) in [5.74, 6) is 0.585. The first-order chi connectivity index (χ1) is 11.1. The Bertz CT molecular complexity index is 740. The highest BCUT2D eigenvalue weighted by atomic mass is 16.2. The molecule has 0 spiro atoms. The van der Waals surface area contributed by atoms with Crippen LogP contribution in [0.15, 0.2) is 30.6 Å². The molecule has 23 heavy (non-hydrogen) atoms. The lowest BCUT2D eigenvalue weighted by Gasteiger charge is -2.17. The molecule has 0 saturated heterocycles. The number of amides is 2. The molecular weight excluding hydrogens is 294 g/mol. The first-order valence-electron chi connectivity index (χ1n) is 7.56. The standard InChI is InChI=1S/C16H19N5O2/c1-11(15-17-10-18-20(15)2)19-14(22)7-8-21-9-12-5-3-4-6-13(12)16(21)23/h3-6,10-11H,7-9H2,1-2H3,(H,19,22)/t11-/m1/s1. The first kappa shape index (κ1) is 15.2. The third kappa shape index (κ3) is 3.08. The van der Waals surface area contributed by atoms with Crippen LogP contribution in [0.25, 0.3) is 0 Å². The van der Waals surface area contributed by atoms with Crippen LogP contribution in [-0.2, 0) is 18.4 Å². The molecule has 1 aliphatic heterocycles. The summed E-state index contributed by atoms with van der Waals surface area (Å²) in [6.45, 7) is 2.84. The number of hydrogen-bond donors (Lipinski definition) is 1. The molecule has 0 bridgehead atoms. The van der Waals surface area contributed by atoms with Crippen LogP contribution in [0, 0.1) is 0 Å². The van der Waals surface area contributed by atoms with Crippen LogP contribution in [0.3, 0.4) is 0 Å². The van der Waals surface area contributed by atoms with Crippen molar-refractivity contribution in [2.24, 2.45) is 7.05 Å². The summed E-state index contributed by atoms with van der Waals surface area (Å²) in [5.41, 5.74) is 1.76. The van der Waals surface area contributed by atoms with Crippen LogP contribution in [0.1, 0.15) is 41.1 Å². The highest BCUT2D eigenvalue weighted by Gasteiger charge is 2.27. The minimum absolute atomic E-state index is 0.00486. The lowest BCUT2D eigenvalue weighted by molar-refractivity contribution is -0.122. The number of aryl methyl sites for hydroxylation is 1. The molecule has 1 aliphatic rings. The van der Waals surface area contributed by atoms with Gasteiger partial charge in [0.2, 0.25) is 5.91 Å². The third-order valence-corrected chi connectivity index (χ3v) is 4.02. The Hall–Kier alpha value is -2.70. The summed E-state index contributed by atoms with van der Waals surface area (Å²) in [5, 5.41) is 6.87. The molecule has 1 aromatic heterocycles. The molecule has 0 aliphatic carbocycles. The zero-order valence-corrected chi connectivity index (χ0v) is 13.2. The van der Waals surface area contributed by atoms with Gasteiger partial charge in [0.1, 0.15) is 12.2 Å². The zero-order chi connectivity index (χ0) is 16.4. The molecule has 0 saturated carbocycles. The molecule has 0 fully saturated rings. The molecular formula is C16H19N5O2. The topological polar surface area (TPSA) is 80.1 Å². The Kier molecular flexibility index (Phi) is 4.10. The molecule has 2 aromatic rings. The summed E-state index contributed by atoms with van der Waals surface area (Å²) in [6.07, 6.45) is 1.72. The predicted molar refractivity (Wildman–Crippen MR) is 83.4 cm³/mol. The van der Waals surface area contributed by atoms with Gasteiger partial charge >= 0.3 is 0 Å².